The molecule has 2 unspecified atom stereocenters. The van der Waals surface area contributed by atoms with E-state index >= 15 is 0 Å². The zero-order valence-electron chi connectivity index (χ0n) is 12.5. The molecule has 0 bridgehead atoms. The molecule has 3 fully saturated rings. The van der Waals surface area contributed by atoms with Crippen LogP contribution in [0.25, 0.3) is 0 Å². The summed E-state index contributed by atoms with van der Waals surface area (Å²) in [5.41, 5.74) is 0.0522. The van der Waals surface area contributed by atoms with Gasteiger partial charge in [-0.3, -0.25) is 4.98 Å². The largest absolute Gasteiger partial charge is 0.486 e. The molecule has 0 amide bonds. The smallest absolute Gasteiger partial charge is 0.138 e. The molecule has 4 rings (SSSR count). The van der Waals surface area contributed by atoms with Gasteiger partial charge in [0, 0.05) is 32.3 Å². The van der Waals surface area contributed by atoms with E-state index in [-0.39, 0.29) is 11.7 Å². The molecule has 1 aliphatic carbocycles. The predicted molar refractivity (Wildman–Crippen MR) is 80.4 cm³/mol. The second-order valence-electron chi connectivity index (χ2n) is 6.91. The monoisotopic (exact) mass is 288 g/mol. The first kappa shape index (κ1) is 13.5. The van der Waals surface area contributed by atoms with Gasteiger partial charge >= 0.3 is 0 Å². The summed E-state index contributed by atoms with van der Waals surface area (Å²) in [5.74, 6) is 1.80. The van der Waals surface area contributed by atoms with Crippen molar-refractivity contribution in [2.24, 2.45) is 5.92 Å². The van der Waals surface area contributed by atoms with E-state index in [4.69, 9.17) is 9.47 Å². The lowest BCUT2D eigenvalue weighted by Crippen LogP contribution is -2.36. The summed E-state index contributed by atoms with van der Waals surface area (Å²) in [6, 6.07) is 3.88. The molecule has 4 heteroatoms. The van der Waals surface area contributed by atoms with Crippen LogP contribution in [0.15, 0.2) is 24.5 Å². The fourth-order valence-corrected chi connectivity index (χ4v) is 3.90. The molecule has 0 aromatic carbocycles. The number of nitrogens with zero attached hydrogens (tertiary/aromatic N) is 2. The summed E-state index contributed by atoms with van der Waals surface area (Å²) < 4.78 is 12.2. The quantitative estimate of drug-likeness (QED) is 0.852. The molecule has 2 saturated heterocycles. The predicted octanol–water partition coefficient (Wildman–Crippen LogP) is 2.49. The molecule has 21 heavy (non-hydrogen) atoms. The Morgan fingerprint density at radius 2 is 2.38 bits per heavy atom. The number of rotatable bonds is 4. The fraction of sp³-hybridized carbons (Fsp3) is 0.706. The van der Waals surface area contributed by atoms with E-state index in [9.17, 15) is 0 Å². The van der Waals surface area contributed by atoms with E-state index in [0.29, 0.717) is 6.61 Å². The zero-order chi connectivity index (χ0) is 14.1. The van der Waals surface area contributed by atoms with E-state index < -0.39 is 0 Å². The molecule has 2 atom stereocenters. The molecule has 3 aliphatic rings. The maximum absolute atomic E-state index is 6.16. The molecule has 0 radical (unpaired) electrons. The first-order valence-corrected chi connectivity index (χ1v) is 8.24. The van der Waals surface area contributed by atoms with Crippen molar-refractivity contribution in [2.45, 2.75) is 43.8 Å². The normalized spacial score (nSPS) is 33.4. The van der Waals surface area contributed by atoms with Crippen LogP contribution in [0, 0.1) is 5.92 Å². The average molecular weight is 288 g/mol. The number of aromatic nitrogens is 1. The van der Waals surface area contributed by atoms with E-state index in [0.717, 1.165) is 31.1 Å². The van der Waals surface area contributed by atoms with Crippen LogP contribution in [0.3, 0.4) is 0 Å². The lowest BCUT2D eigenvalue weighted by Gasteiger charge is -2.31. The first-order chi connectivity index (χ1) is 10.3. The Hall–Kier alpha value is -1.13. The van der Waals surface area contributed by atoms with Gasteiger partial charge in [0.05, 0.1) is 18.4 Å². The van der Waals surface area contributed by atoms with Crippen LogP contribution >= 0.6 is 0 Å². The van der Waals surface area contributed by atoms with E-state index in [1.807, 2.05) is 12.1 Å². The Morgan fingerprint density at radius 1 is 1.43 bits per heavy atom. The van der Waals surface area contributed by atoms with Gasteiger partial charge < -0.3 is 14.4 Å². The Labute approximate surface area is 126 Å². The standard InChI is InChI=1S/C17H24N2O2/c1-3-14(4-1)11-19-8-6-17(13-19)9-16(12-20-17)21-15-5-2-7-18-10-15/h2,5,7,10,14,16H,1,3-4,6,8-9,11-13H2. The number of hydrogen-bond acceptors (Lipinski definition) is 4. The van der Waals surface area contributed by atoms with E-state index in [1.165, 1.54) is 32.4 Å². The Morgan fingerprint density at radius 3 is 3.14 bits per heavy atom. The van der Waals surface area contributed by atoms with Crippen molar-refractivity contribution in [1.82, 2.24) is 9.88 Å². The van der Waals surface area contributed by atoms with Crippen molar-refractivity contribution >= 4 is 0 Å². The van der Waals surface area contributed by atoms with Crippen LogP contribution in [0.1, 0.15) is 32.1 Å². The summed E-state index contributed by atoms with van der Waals surface area (Å²) >= 11 is 0. The molecule has 1 spiro atoms. The van der Waals surface area contributed by atoms with Crippen molar-refractivity contribution in [3.05, 3.63) is 24.5 Å². The summed E-state index contributed by atoms with van der Waals surface area (Å²) in [5, 5.41) is 0. The third-order valence-electron chi connectivity index (χ3n) is 5.25. The Kier molecular flexibility index (Phi) is 3.59. The molecule has 3 heterocycles. The third kappa shape index (κ3) is 2.92. The summed E-state index contributed by atoms with van der Waals surface area (Å²) in [6.45, 7) is 4.28. The van der Waals surface area contributed by atoms with Crippen molar-refractivity contribution < 1.29 is 9.47 Å². The molecule has 1 aromatic rings. The average Bonchev–Trinajstić information content (AvgIpc) is 3.03. The van der Waals surface area contributed by atoms with Gasteiger partial charge in [-0.25, -0.2) is 0 Å². The molecule has 2 aliphatic heterocycles. The van der Waals surface area contributed by atoms with Crippen molar-refractivity contribution in [1.29, 1.82) is 0 Å². The minimum atomic E-state index is 0.0522. The molecule has 1 aromatic heterocycles. The number of likely N-dealkylation sites (tertiary alicyclic amines) is 1. The van der Waals surface area contributed by atoms with Crippen molar-refractivity contribution in [3.8, 4) is 5.75 Å². The number of hydrogen-bond donors (Lipinski definition) is 0. The van der Waals surface area contributed by atoms with Gasteiger partial charge in [-0.1, -0.05) is 6.42 Å². The van der Waals surface area contributed by atoms with E-state index in [2.05, 4.69) is 9.88 Å². The topological polar surface area (TPSA) is 34.6 Å². The second kappa shape index (κ2) is 5.58. The minimum absolute atomic E-state index is 0.0522. The molecule has 0 N–H and O–H groups in total. The highest BCUT2D eigenvalue weighted by molar-refractivity contribution is 5.16. The van der Waals surface area contributed by atoms with Gasteiger partial charge in [0.15, 0.2) is 0 Å². The molecule has 114 valence electrons. The summed E-state index contributed by atoms with van der Waals surface area (Å²) in [7, 11) is 0. The fourth-order valence-electron chi connectivity index (χ4n) is 3.90. The van der Waals surface area contributed by atoms with Crippen molar-refractivity contribution in [3.63, 3.8) is 0 Å². The van der Waals surface area contributed by atoms with Gasteiger partial charge in [-0.05, 0) is 37.3 Å². The van der Waals surface area contributed by atoms with Gasteiger partial charge in [0.1, 0.15) is 11.9 Å². The van der Waals surface area contributed by atoms with E-state index in [1.54, 1.807) is 12.4 Å². The Balaban J connectivity index is 1.31. The maximum Gasteiger partial charge on any atom is 0.138 e. The molecule has 4 nitrogen and oxygen atoms in total. The van der Waals surface area contributed by atoms with Gasteiger partial charge in [0.25, 0.3) is 0 Å². The highest BCUT2D eigenvalue weighted by Gasteiger charge is 2.46. The Bertz CT molecular complexity index is 477. The van der Waals surface area contributed by atoms with Crippen LogP contribution in [0.2, 0.25) is 0 Å². The number of pyridine rings is 1. The highest BCUT2D eigenvalue weighted by atomic mass is 16.6. The number of ether oxygens (including phenoxy) is 2. The second-order valence-corrected chi connectivity index (χ2v) is 6.91. The van der Waals surface area contributed by atoms with Gasteiger partial charge in [0.2, 0.25) is 0 Å². The lowest BCUT2D eigenvalue weighted by molar-refractivity contribution is 0.00791. The SMILES string of the molecule is c1cncc(OC2COC3(CCN(CC4CCC4)C3)C2)c1. The minimum Gasteiger partial charge on any atom is -0.486 e. The first-order valence-electron chi connectivity index (χ1n) is 8.24. The highest BCUT2D eigenvalue weighted by Crippen LogP contribution is 2.38. The van der Waals surface area contributed by atoms with Crippen LogP contribution in [0.4, 0.5) is 0 Å². The molecular weight excluding hydrogens is 264 g/mol. The molecule has 1 saturated carbocycles. The van der Waals surface area contributed by atoms with Gasteiger partial charge in [-0.15, -0.1) is 0 Å². The molecular formula is C17H24N2O2. The van der Waals surface area contributed by atoms with Crippen LogP contribution < -0.4 is 4.74 Å². The summed E-state index contributed by atoms with van der Waals surface area (Å²) in [6.07, 6.45) is 10.2. The van der Waals surface area contributed by atoms with Crippen molar-refractivity contribution in [2.75, 3.05) is 26.2 Å². The lowest BCUT2D eigenvalue weighted by atomic mass is 9.85. The summed E-state index contributed by atoms with van der Waals surface area (Å²) in [4.78, 5) is 6.71. The maximum atomic E-state index is 6.16. The van der Waals surface area contributed by atoms with Gasteiger partial charge in [-0.2, -0.15) is 0 Å². The third-order valence-corrected chi connectivity index (χ3v) is 5.25. The van der Waals surface area contributed by atoms with Crippen LogP contribution in [-0.2, 0) is 4.74 Å². The van der Waals surface area contributed by atoms with Crippen LogP contribution in [-0.4, -0.2) is 47.8 Å². The van der Waals surface area contributed by atoms with Crippen LogP contribution in [0.5, 0.6) is 5.75 Å². The zero-order valence-corrected chi connectivity index (χ0v) is 12.5.